The van der Waals surface area contributed by atoms with Gasteiger partial charge in [-0.3, -0.25) is 9.59 Å². The lowest BCUT2D eigenvalue weighted by molar-refractivity contribution is -0.129. The Balaban J connectivity index is 2.06. The summed E-state index contributed by atoms with van der Waals surface area (Å²) in [6, 6.07) is 5.74. The summed E-state index contributed by atoms with van der Waals surface area (Å²) in [6.07, 6.45) is 1.35. The van der Waals surface area contributed by atoms with Crippen LogP contribution in [0.4, 0.5) is 20.2 Å². The largest absolute Gasteiger partial charge is 0.480 e. The van der Waals surface area contributed by atoms with Gasteiger partial charge in [-0.15, -0.1) is 0 Å². The molecule has 3 aromatic rings. The first-order chi connectivity index (χ1) is 20.3. The Bertz CT molecular complexity index is 1720. The Hall–Kier alpha value is -4.26. The summed E-state index contributed by atoms with van der Waals surface area (Å²) in [6.45, 7) is 8.58. The molecular formula is C29H27Cl2F2N5O5. The highest BCUT2D eigenvalue weighted by atomic mass is 35.5. The van der Waals surface area contributed by atoms with Gasteiger partial charge in [0, 0.05) is 39.8 Å². The molecule has 0 spiro atoms. The Kier molecular flexibility index (Phi) is 8.95. The Labute approximate surface area is 255 Å². The van der Waals surface area contributed by atoms with E-state index in [1.165, 1.54) is 43.2 Å². The highest BCUT2D eigenvalue weighted by molar-refractivity contribution is 6.31. The second-order valence-electron chi connectivity index (χ2n) is 9.73. The molecule has 43 heavy (non-hydrogen) atoms. The van der Waals surface area contributed by atoms with E-state index in [-0.39, 0.29) is 34.3 Å². The second kappa shape index (κ2) is 12.2. The number of carbonyl (C=O) groups excluding carboxylic acids is 2. The van der Waals surface area contributed by atoms with Gasteiger partial charge < -0.3 is 29.8 Å². The number of aliphatic imine (C=N–C) groups is 2. The minimum Gasteiger partial charge on any atom is -0.480 e. The number of anilines is 2. The zero-order chi connectivity index (χ0) is 31.8. The van der Waals surface area contributed by atoms with E-state index in [1.54, 1.807) is 20.8 Å². The van der Waals surface area contributed by atoms with Crippen LogP contribution in [0.2, 0.25) is 10.0 Å². The maximum Gasteiger partial charge on any atom is 0.318 e. The number of amidine groups is 1. The third-order valence-corrected chi connectivity index (χ3v) is 7.31. The summed E-state index contributed by atoms with van der Waals surface area (Å²) in [5.41, 5.74) is -2.14. The molecule has 0 fully saturated rings. The third-order valence-electron chi connectivity index (χ3n) is 6.78. The fourth-order valence-corrected chi connectivity index (χ4v) is 5.19. The number of benzene rings is 2. The number of carbonyl (C=O) groups is 2. The molecule has 1 aromatic heterocycles. The van der Waals surface area contributed by atoms with Gasteiger partial charge in [0.2, 0.25) is 5.88 Å². The van der Waals surface area contributed by atoms with Gasteiger partial charge in [-0.2, -0.15) is 4.99 Å². The Morgan fingerprint density at radius 1 is 1.16 bits per heavy atom. The quantitative estimate of drug-likeness (QED) is 0.125. The van der Waals surface area contributed by atoms with Crippen LogP contribution in [-0.4, -0.2) is 48.4 Å². The van der Waals surface area contributed by atoms with Crippen molar-refractivity contribution >= 4 is 64.8 Å². The lowest BCUT2D eigenvalue weighted by atomic mass is 9.82. The number of aliphatic hydroxyl groups is 1. The smallest absolute Gasteiger partial charge is 0.318 e. The molecule has 1 aliphatic rings. The molecule has 4 rings (SSSR count). The van der Waals surface area contributed by atoms with Gasteiger partial charge in [0.15, 0.2) is 5.60 Å². The minimum absolute atomic E-state index is 0.00562. The van der Waals surface area contributed by atoms with E-state index in [1.807, 2.05) is 0 Å². The van der Waals surface area contributed by atoms with E-state index < -0.39 is 45.7 Å². The van der Waals surface area contributed by atoms with Gasteiger partial charge in [-0.25, -0.2) is 13.8 Å². The van der Waals surface area contributed by atoms with Crippen molar-refractivity contribution in [3.63, 3.8) is 0 Å². The number of hydrogen-bond donors (Lipinski definition) is 3. The number of hydrogen-bond acceptors (Lipinski definition) is 6. The fraction of sp³-hybridized carbons (Fsp3) is 0.241. The van der Waals surface area contributed by atoms with Gasteiger partial charge in [0.1, 0.15) is 11.6 Å². The van der Waals surface area contributed by atoms with Crippen LogP contribution >= 0.6 is 23.2 Å². The van der Waals surface area contributed by atoms with E-state index in [4.69, 9.17) is 32.7 Å². The molecule has 3 N–H and O–H groups in total. The van der Waals surface area contributed by atoms with E-state index in [9.17, 15) is 23.5 Å². The minimum atomic E-state index is -2.40. The van der Waals surface area contributed by atoms with Crippen LogP contribution in [0.5, 0.6) is 0 Å². The fourth-order valence-electron chi connectivity index (χ4n) is 4.85. The van der Waals surface area contributed by atoms with Gasteiger partial charge in [0.25, 0.3) is 11.8 Å². The number of nitrogens with zero attached hydrogens (tertiary/aromatic N) is 3. The average Bonchev–Trinajstić information content (AvgIpc) is 3.48. The molecule has 2 amide bonds. The summed E-state index contributed by atoms with van der Waals surface area (Å²) in [5.74, 6) is -4.31. The molecule has 2 heterocycles. The van der Waals surface area contributed by atoms with Crippen molar-refractivity contribution in [2.45, 2.75) is 32.3 Å². The predicted molar refractivity (Wildman–Crippen MR) is 161 cm³/mol. The van der Waals surface area contributed by atoms with Crippen molar-refractivity contribution in [3.8, 4) is 0 Å². The number of rotatable bonds is 7. The summed E-state index contributed by atoms with van der Waals surface area (Å²) >= 11 is 12.0. The van der Waals surface area contributed by atoms with Crippen LogP contribution in [0.25, 0.3) is 5.70 Å². The molecule has 0 saturated heterocycles. The van der Waals surface area contributed by atoms with Gasteiger partial charge in [-0.1, -0.05) is 43.1 Å². The van der Waals surface area contributed by atoms with E-state index in [0.29, 0.717) is 22.5 Å². The standard InChI is InChI=1S/C29H27Cl2F2N5O5/c1-13(2)24-23(29(41)17-8-7-15(30)9-21(17)36-27(29)40)16(25(39)35-22-10-18(31)19(32)11-20(22)33)12-38(24)14(3)26(42-5)37-28(34-4)43-6/h7-13,41H,4H2,1-3,5-6H3,(H,35,39)(H,36,40)/b26-14-,37-28+. The predicted octanol–water partition coefficient (Wildman–Crippen LogP) is 6.13. The number of halogens is 4. The van der Waals surface area contributed by atoms with Gasteiger partial charge >= 0.3 is 6.02 Å². The number of allylic oxidation sites excluding steroid dienone is 1. The molecule has 10 nitrogen and oxygen atoms in total. The number of nitrogens with one attached hydrogen (secondary N) is 2. The monoisotopic (exact) mass is 633 g/mol. The summed E-state index contributed by atoms with van der Waals surface area (Å²) in [5, 5.41) is 17.1. The third kappa shape index (κ3) is 5.61. The average molecular weight is 634 g/mol. The molecule has 2 aromatic carbocycles. The van der Waals surface area contributed by atoms with Crippen LogP contribution in [-0.2, 0) is 19.9 Å². The van der Waals surface area contributed by atoms with Crippen LogP contribution in [0.15, 0.2) is 52.4 Å². The van der Waals surface area contributed by atoms with E-state index >= 15 is 0 Å². The molecule has 0 radical (unpaired) electrons. The van der Waals surface area contributed by atoms with Crippen LogP contribution < -0.4 is 10.6 Å². The molecule has 1 atom stereocenters. The highest BCUT2D eigenvalue weighted by Gasteiger charge is 2.51. The van der Waals surface area contributed by atoms with Gasteiger partial charge in [0.05, 0.1) is 36.2 Å². The molecule has 226 valence electrons. The SMILES string of the molecule is C=N/C(=N\C(OC)=C(/C)n1cc(C(=O)Nc2cc(Cl)c(F)cc2F)c(C2(O)C(=O)Nc3cc(Cl)ccc32)c1C(C)C)OC. The number of amides is 2. The van der Waals surface area contributed by atoms with Crippen molar-refractivity contribution in [1.82, 2.24) is 4.57 Å². The van der Waals surface area contributed by atoms with E-state index in [0.717, 1.165) is 6.07 Å². The summed E-state index contributed by atoms with van der Waals surface area (Å²) in [7, 11) is 2.69. The Morgan fingerprint density at radius 2 is 1.86 bits per heavy atom. The number of fused-ring (bicyclic) bond motifs is 1. The molecule has 0 saturated carbocycles. The molecule has 0 aliphatic carbocycles. The maximum absolute atomic E-state index is 14.7. The molecular weight excluding hydrogens is 607 g/mol. The number of methoxy groups -OCH3 is 2. The van der Waals surface area contributed by atoms with Crippen LogP contribution in [0.1, 0.15) is 53.9 Å². The molecule has 0 bridgehead atoms. The van der Waals surface area contributed by atoms with Crippen LogP contribution in [0.3, 0.4) is 0 Å². The first kappa shape index (κ1) is 31.7. The van der Waals surface area contributed by atoms with Crippen molar-refractivity contribution in [3.05, 3.63) is 86.5 Å². The second-order valence-corrected chi connectivity index (χ2v) is 10.6. The normalized spacial score (nSPS) is 16.9. The van der Waals surface area contributed by atoms with Gasteiger partial charge in [-0.05, 0) is 37.8 Å². The Morgan fingerprint density at radius 3 is 2.47 bits per heavy atom. The maximum atomic E-state index is 14.7. The van der Waals surface area contributed by atoms with Crippen LogP contribution in [0, 0.1) is 11.6 Å². The van der Waals surface area contributed by atoms with Crippen molar-refractivity contribution in [2.24, 2.45) is 9.98 Å². The van der Waals surface area contributed by atoms with E-state index in [2.05, 4.69) is 27.3 Å². The zero-order valence-corrected chi connectivity index (χ0v) is 25.2. The molecule has 14 heteroatoms. The lowest BCUT2D eigenvalue weighted by Crippen LogP contribution is -2.38. The number of ether oxygens (including phenoxy) is 2. The van der Waals surface area contributed by atoms with Crippen molar-refractivity contribution in [1.29, 1.82) is 0 Å². The summed E-state index contributed by atoms with van der Waals surface area (Å²) in [4.78, 5) is 35.3. The zero-order valence-electron chi connectivity index (χ0n) is 23.7. The number of aromatic nitrogens is 1. The van der Waals surface area contributed by atoms with Crippen molar-refractivity contribution in [2.75, 3.05) is 24.9 Å². The lowest BCUT2D eigenvalue weighted by Gasteiger charge is -2.26. The molecule has 1 unspecified atom stereocenters. The first-order valence-electron chi connectivity index (χ1n) is 12.7. The summed E-state index contributed by atoms with van der Waals surface area (Å²) < 4.78 is 40.5. The molecule has 1 aliphatic heterocycles. The highest BCUT2D eigenvalue weighted by Crippen LogP contribution is 2.47. The topological polar surface area (TPSA) is 127 Å². The first-order valence-corrected chi connectivity index (χ1v) is 13.4. The van der Waals surface area contributed by atoms with Crippen molar-refractivity contribution < 1.29 is 33.0 Å².